The molecule has 11 heteroatoms. The number of hydrogen-bond acceptors (Lipinski definition) is 4. The van der Waals surface area contributed by atoms with Crippen molar-refractivity contribution in [1.82, 2.24) is 0 Å². The van der Waals surface area contributed by atoms with Crippen LogP contribution < -0.4 is 0 Å². The second-order valence-electron chi connectivity index (χ2n) is 4.60. The van der Waals surface area contributed by atoms with E-state index >= 15 is 0 Å². The fourth-order valence-corrected chi connectivity index (χ4v) is 2.97. The van der Waals surface area contributed by atoms with Crippen LogP contribution in [0.15, 0.2) is 24.3 Å². The van der Waals surface area contributed by atoms with Gasteiger partial charge in [0, 0.05) is 0 Å². The topological polar surface area (TPSA) is 55.8 Å². The molecule has 132 valence electrons. The van der Waals surface area contributed by atoms with Gasteiger partial charge in [-0.05, 0) is 12.5 Å². The van der Waals surface area contributed by atoms with Crippen molar-refractivity contribution >= 4 is 7.60 Å². The number of alkyl halides is 6. The molecule has 0 radical (unpaired) electrons. The minimum Gasteiger partial charge on any atom is -0.376 e. The third kappa shape index (κ3) is 6.90. The summed E-state index contributed by atoms with van der Waals surface area (Å²) in [4.78, 5) is 0. The number of benzene rings is 1. The van der Waals surface area contributed by atoms with Crippen LogP contribution in [-0.2, 0) is 13.6 Å². The molecule has 0 aliphatic heterocycles. The van der Waals surface area contributed by atoms with Gasteiger partial charge in [-0.3, -0.25) is 13.6 Å². The lowest BCUT2D eigenvalue weighted by Gasteiger charge is -2.24. The predicted octanol–water partition coefficient (Wildman–Crippen LogP) is 4.34. The fourth-order valence-electron chi connectivity index (χ4n) is 1.43. The van der Waals surface area contributed by atoms with E-state index in [4.69, 9.17) is 0 Å². The van der Waals surface area contributed by atoms with Gasteiger partial charge in [-0.15, -0.1) is 0 Å². The fraction of sp³-hybridized carbons (Fsp3) is 0.500. The maximum Gasteiger partial charge on any atom is 0.412 e. The summed E-state index contributed by atoms with van der Waals surface area (Å²) in [7, 11) is -5.12. The average Bonchev–Trinajstić information content (AvgIpc) is 2.41. The molecule has 0 fully saturated rings. The second kappa shape index (κ2) is 7.21. The maximum absolute atomic E-state index is 12.2. The first-order valence-corrected chi connectivity index (χ1v) is 7.70. The molecule has 0 aliphatic carbocycles. The highest BCUT2D eigenvalue weighted by atomic mass is 31.2. The number of aryl methyl sites for hydroxylation is 1. The number of rotatable bonds is 6. The van der Waals surface area contributed by atoms with Crippen molar-refractivity contribution in [2.45, 2.75) is 25.1 Å². The summed E-state index contributed by atoms with van der Waals surface area (Å²) in [5.74, 6) is -2.28. The Hall–Kier alpha value is -1.09. The van der Waals surface area contributed by atoms with Gasteiger partial charge in [-0.25, -0.2) is 0 Å². The molecule has 1 rings (SSSR count). The third-order valence-corrected chi connectivity index (χ3v) is 4.37. The zero-order valence-corrected chi connectivity index (χ0v) is 12.6. The molecule has 4 nitrogen and oxygen atoms in total. The molecule has 0 unspecified atom stereocenters. The van der Waals surface area contributed by atoms with Crippen molar-refractivity contribution in [2.24, 2.45) is 0 Å². The van der Waals surface area contributed by atoms with Gasteiger partial charge in [0.1, 0.15) is 0 Å². The first-order chi connectivity index (χ1) is 10.3. The number of aliphatic hydroxyl groups excluding tert-OH is 1. The van der Waals surface area contributed by atoms with Crippen molar-refractivity contribution in [3.8, 4) is 0 Å². The van der Waals surface area contributed by atoms with Crippen LogP contribution in [0.4, 0.5) is 26.3 Å². The molecule has 0 aromatic heterocycles. The smallest absolute Gasteiger partial charge is 0.376 e. The van der Waals surface area contributed by atoms with E-state index in [1.54, 1.807) is 6.92 Å². The minimum atomic E-state index is -5.12. The quantitative estimate of drug-likeness (QED) is 0.601. The molecule has 1 aromatic carbocycles. The Labute approximate surface area is 127 Å². The van der Waals surface area contributed by atoms with Crippen molar-refractivity contribution in [3.05, 3.63) is 35.4 Å². The highest BCUT2D eigenvalue weighted by Gasteiger charge is 2.43. The van der Waals surface area contributed by atoms with E-state index in [2.05, 4.69) is 9.05 Å². The number of aliphatic hydroxyl groups is 1. The van der Waals surface area contributed by atoms with E-state index in [0.29, 0.717) is 5.56 Å². The van der Waals surface area contributed by atoms with Crippen LogP contribution in [0, 0.1) is 6.92 Å². The van der Waals surface area contributed by atoms with Crippen LogP contribution in [-0.4, -0.2) is 30.7 Å². The van der Waals surface area contributed by atoms with Crippen LogP contribution in [0.2, 0.25) is 0 Å². The van der Waals surface area contributed by atoms with Gasteiger partial charge in [0.15, 0.2) is 19.1 Å². The van der Waals surface area contributed by atoms with Crippen LogP contribution in [0.5, 0.6) is 0 Å². The van der Waals surface area contributed by atoms with Crippen molar-refractivity contribution in [1.29, 1.82) is 0 Å². The highest BCUT2D eigenvalue weighted by Crippen LogP contribution is 2.60. The lowest BCUT2D eigenvalue weighted by molar-refractivity contribution is -0.167. The summed E-state index contributed by atoms with van der Waals surface area (Å²) in [5.41, 5.74) is 0.520. The molecular formula is C12H13F6O4P. The molecule has 0 bridgehead atoms. The van der Waals surface area contributed by atoms with E-state index < -0.39 is 39.0 Å². The monoisotopic (exact) mass is 366 g/mol. The van der Waals surface area contributed by atoms with Crippen LogP contribution in [0.3, 0.4) is 0 Å². The molecule has 0 aliphatic rings. The molecule has 23 heavy (non-hydrogen) atoms. The van der Waals surface area contributed by atoms with Crippen molar-refractivity contribution in [3.63, 3.8) is 0 Å². The largest absolute Gasteiger partial charge is 0.412 e. The number of hydrogen-bond donors (Lipinski definition) is 1. The van der Waals surface area contributed by atoms with Gasteiger partial charge in [-0.1, -0.05) is 29.8 Å². The minimum absolute atomic E-state index is 0.191. The summed E-state index contributed by atoms with van der Waals surface area (Å²) < 4.78 is 93.2. The van der Waals surface area contributed by atoms with Gasteiger partial charge in [-0.2, -0.15) is 26.3 Å². The summed E-state index contributed by atoms with van der Waals surface area (Å²) in [6.45, 7) is -2.58. The van der Waals surface area contributed by atoms with Crippen molar-refractivity contribution in [2.75, 3.05) is 13.2 Å². The number of halogens is 6. The zero-order valence-electron chi connectivity index (χ0n) is 11.7. The Kier molecular flexibility index (Phi) is 6.25. The normalized spacial score (nSPS) is 14.8. The highest BCUT2D eigenvalue weighted by molar-refractivity contribution is 7.54. The maximum atomic E-state index is 12.2. The summed E-state index contributed by atoms with van der Waals surface area (Å²) >= 11 is 0. The van der Waals surface area contributed by atoms with Gasteiger partial charge >= 0.3 is 19.9 Å². The SMILES string of the molecule is Cc1ccc([C@@H](O)P(=O)(OCC(F)(F)F)OCC(F)(F)F)cc1. The van der Waals surface area contributed by atoms with E-state index in [0.717, 1.165) is 0 Å². The van der Waals surface area contributed by atoms with Gasteiger partial charge in [0.2, 0.25) is 0 Å². The van der Waals surface area contributed by atoms with Crippen LogP contribution in [0.1, 0.15) is 17.0 Å². The summed E-state index contributed by atoms with van der Waals surface area (Å²) in [6.07, 6.45) is -9.91. The van der Waals surface area contributed by atoms with Crippen LogP contribution in [0.25, 0.3) is 0 Å². The second-order valence-corrected chi connectivity index (χ2v) is 6.69. The Morgan fingerprint density at radius 1 is 1.00 bits per heavy atom. The summed E-state index contributed by atoms with van der Waals surface area (Å²) in [6, 6.07) is 5.24. The standard InChI is InChI=1S/C12H13F6O4P/c1-8-2-4-9(5-3-8)10(19)23(20,21-6-11(13,14)15)22-7-12(16,17)18/h2-5,10,19H,6-7H2,1H3/t10-/m0/s1. The molecule has 1 atom stereocenters. The summed E-state index contributed by atoms with van der Waals surface area (Å²) in [5, 5.41) is 9.88. The molecular weight excluding hydrogens is 353 g/mol. The molecule has 0 heterocycles. The molecule has 0 saturated carbocycles. The van der Waals surface area contributed by atoms with Crippen LogP contribution >= 0.6 is 7.60 Å². The van der Waals surface area contributed by atoms with E-state index in [1.165, 1.54) is 24.3 Å². The van der Waals surface area contributed by atoms with Gasteiger partial charge in [0.05, 0.1) is 0 Å². The first kappa shape index (κ1) is 20.0. The first-order valence-electron chi connectivity index (χ1n) is 6.09. The van der Waals surface area contributed by atoms with Crippen molar-refractivity contribution < 1.29 is 45.1 Å². The van der Waals surface area contributed by atoms with E-state index in [-0.39, 0.29) is 5.56 Å². The van der Waals surface area contributed by atoms with E-state index in [1.807, 2.05) is 0 Å². The lowest BCUT2D eigenvalue weighted by Crippen LogP contribution is -2.21. The molecule has 0 spiro atoms. The Balaban J connectivity index is 3.01. The zero-order chi connectivity index (χ0) is 17.9. The molecule has 0 amide bonds. The van der Waals surface area contributed by atoms with E-state index in [9.17, 15) is 36.0 Å². The molecule has 1 aromatic rings. The Morgan fingerprint density at radius 2 is 1.39 bits per heavy atom. The van der Waals surface area contributed by atoms with Gasteiger partial charge < -0.3 is 5.11 Å². The molecule has 0 saturated heterocycles. The lowest BCUT2D eigenvalue weighted by atomic mass is 10.2. The Morgan fingerprint density at radius 3 is 1.74 bits per heavy atom. The molecule has 1 N–H and O–H groups in total. The third-order valence-electron chi connectivity index (χ3n) is 2.49. The predicted molar refractivity (Wildman–Crippen MR) is 67.8 cm³/mol. The Bertz CT molecular complexity index is 532. The van der Waals surface area contributed by atoms with Gasteiger partial charge in [0.25, 0.3) is 0 Å². The average molecular weight is 366 g/mol.